The molecule has 126 valence electrons. The molecular formula is C23H34. The second-order valence-electron chi connectivity index (χ2n) is 6.98. The van der Waals surface area contributed by atoms with Crippen LogP contribution < -0.4 is 0 Å². The van der Waals surface area contributed by atoms with Gasteiger partial charge in [-0.05, 0) is 110 Å². The Labute approximate surface area is 143 Å². The van der Waals surface area contributed by atoms with E-state index in [1.807, 2.05) is 0 Å². The molecular weight excluding hydrogens is 276 g/mol. The molecule has 0 aliphatic heterocycles. The first-order valence-corrected chi connectivity index (χ1v) is 9.45. The zero-order chi connectivity index (χ0) is 17.3. The van der Waals surface area contributed by atoms with Crippen molar-refractivity contribution < 1.29 is 0 Å². The van der Waals surface area contributed by atoms with Crippen LogP contribution in [0.5, 0.6) is 0 Å². The van der Waals surface area contributed by atoms with Crippen LogP contribution in [0.2, 0.25) is 0 Å². The molecule has 0 spiro atoms. The Morgan fingerprint density at radius 3 is 1.57 bits per heavy atom. The van der Waals surface area contributed by atoms with Crippen molar-refractivity contribution in [2.75, 3.05) is 0 Å². The summed E-state index contributed by atoms with van der Waals surface area (Å²) in [5.74, 6) is 0. The maximum Gasteiger partial charge on any atom is -0.00524 e. The molecule has 0 heterocycles. The van der Waals surface area contributed by atoms with E-state index in [9.17, 15) is 0 Å². The smallest absolute Gasteiger partial charge is 0.00524 e. The third-order valence-electron chi connectivity index (χ3n) is 6.15. The van der Waals surface area contributed by atoms with Crippen LogP contribution in [0.25, 0.3) is 5.57 Å². The van der Waals surface area contributed by atoms with Crippen LogP contribution >= 0.6 is 0 Å². The van der Waals surface area contributed by atoms with Gasteiger partial charge in [0.2, 0.25) is 0 Å². The molecule has 0 N–H and O–H groups in total. The number of hydrogen-bond acceptors (Lipinski definition) is 0. The van der Waals surface area contributed by atoms with E-state index in [4.69, 9.17) is 0 Å². The Morgan fingerprint density at radius 2 is 1.09 bits per heavy atom. The molecule has 1 aromatic rings. The van der Waals surface area contributed by atoms with Crippen molar-refractivity contribution in [3.8, 4) is 0 Å². The Morgan fingerprint density at radius 1 is 0.565 bits per heavy atom. The average molecular weight is 311 g/mol. The van der Waals surface area contributed by atoms with Crippen molar-refractivity contribution in [1.29, 1.82) is 0 Å². The highest BCUT2D eigenvalue weighted by atomic mass is 14.3. The van der Waals surface area contributed by atoms with E-state index < -0.39 is 0 Å². The summed E-state index contributed by atoms with van der Waals surface area (Å²) in [4.78, 5) is 0. The average Bonchev–Trinajstić information content (AvgIpc) is 2.70. The number of rotatable bonds is 4. The van der Waals surface area contributed by atoms with Gasteiger partial charge in [-0.1, -0.05) is 33.3 Å². The minimum Gasteiger partial charge on any atom is -0.0626 e. The van der Waals surface area contributed by atoms with Crippen molar-refractivity contribution in [2.45, 2.75) is 87.5 Å². The van der Waals surface area contributed by atoms with Crippen LogP contribution in [0, 0.1) is 27.7 Å². The molecule has 0 nitrogen and oxygen atoms in total. The summed E-state index contributed by atoms with van der Waals surface area (Å²) in [6, 6.07) is 0. The Balaban J connectivity index is 2.97. The molecule has 0 atom stereocenters. The summed E-state index contributed by atoms with van der Waals surface area (Å²) >= 11 is 0. The van der Waals surface area contributed by atoms with Crippen LogP contribution in [0.4, 0.5) is 0 Å². The Kier molecular flexibility index (Phi) is 5.55. The van der Waals surface area contributed by atoms with Gasteiger partial charge in [-0.15, -0.1) is 0 Å². The van der Waals surface area contributed by atoms with Gasteiger partial charge in [0.1, 0.15) is 0 Å². The second kappa shape index (κ2) is 7.07. The van der Waals surface area contributed by atoms with E-state index in [2.05, 4.69) is 55.4 Å². The summed E-state index contributed by atoms with van der Waals surface area (Å²) in [5, 5.41) is 0. The van der Waals surface area contributed by atoms with Gasteiger partial charge in [0.25, 0.3) is 0 Å². The normalized spacial score (nSPS) is 15.1. The Hall–Kier alpha value is -1.30. The first-order chi connectivity index (χ1) is 10.9. The molecule has 0 unspecified atom stereocenters. The summed E-state index contributed by atoms with van der Waals surface area (Å²) in [5.41, 5.74) is 15.8. The monoisotopic (exact) mass is 310 g/mol. The molecule has 1 aliphatic carbocycles. The van der Waals surface area contributed by atoms with E-state index in [1.54, 1.807) is 33.4 Å². The van der Waals surface area contributed by atoms with Crippen LogP contribution in [0.3, 0.4) is 0 Å². The van der Waals surface area contributed by atoms with Gasteiger partial charge < -0.3 is 0 Å². The topological polar surface area (TPSA) is 0 Å². The molecule has 0 bridgehead atoms. The fourth-order valence-corrected chi connectivity index (χ4v) is 4.50. The third kappa shape index (κ3) is 2.82. The fraction of sp³-hybridized carbons (Fsp3) is 0.565. The number of allylic oxidation sites excluding steroid dienone is 4. The van der Waals surface area contributed by atoms with Crippen LogP contribution in [-0.2, 0) is 6.42 Å². The second-order valence-corrected chi connectivity index (χ2v) is 6.98. The largest absolute Gasteiger partial charge is 0.0626 e. The van der Waals surface area contributed by atoms with Crippen molar-refractivity contribution in [3.63, 3.8) is 0 Å². The highest BCUT2D eigenvalue weighted by Gasteiger charge is 2.25. The molecule has 0 saturated carbocycles. The highest BCUT2D eigenvalue weighted by Crippen LogP contribution is 2.43. The van der Waals surface area contributed by atoms with E-state index in [1.165, 1.54) is 35.1 Å². The third-order valence-corrected chi connectivity index (χ3v) is 6.15. The predicted octanol–water partition coefficient (Wildman–Crippen LogP) is 7.17. The van der Waals surface area contributed by atoms with Crippen LogP contribution in [0.15, 0.2) is 16.7 Å². The molecule has 0 fully saturated rings. The van der Waals surface area contributed by atoms with Gasteiger partial charge in [0.15, 0.2) is 0 Å². The van der Waals surface area contributed by atoms with Gasteiger partial charge in [-0.3, -0.25) is 0 Å². The van der Waals surface area contributed by atoms with Gasteiger partial charge >= 0.3 is 0 Å². The molecule has 0 aromatic heterocycles. The molecule has 1 aromatic carbocycles. The van der Waals surface area contributed by atoms with Gasteiger partial charge in [0.05, 0.1) is 0 Å². The molecule has 0 amide bonds. The van der Waals surface area contributed by atoms with Crippen molar-refractivity contribution in [1.82, 2.24) is 0 Å². The molecule has 2 rings (SSSR count). The minimum absolute atomic E-state index is 1.14. The number of fused-ring (bicyclic) bond motifs is 1. The van der Waals surface area contributed by atoms with Gasteiger partial charge in [-0.2, -0.15) is 0 Å². The maximum atomic E-state index is 2.34. The quantitative estimate of drug-likeness (QED) is 0.553. The number of benzene rings is 1. The fourth-order valence-electron chi connectivity index (χ4n) is 4.50. The molecule has 1 aliphatic rings. The van der Waals surface area contributed by atoms with Crippen molar-refractivity contribution in [2.24, 2.45) is 0 Å². The van der Waals surface area contributed by atoms with E-state index >= 15 is 0 Å². The molecule has 0 saturated heterocycles. The molecule has 0 radical (unpaired) electrons. The predicted molar refractivity (Wildman–Crippen MR) is 104 cm³/mol. The first-order valence-electron chi connectivity index (χ1n) is 9.45. The Bertz CT molecular complexity index is 681. The summed E-state index contributed by atoms with van der Waals surface area (Å²) in [7, 11) is 0. The van der Waals surface area contributed by atoms with Crippen molar-refractivity contribution >= 4 is 5.57 Å². The van der Waals surface area contributed by atoms with Crippen molar-refractivity contribution in [3.05, 3.63) is 50.1 Å². The zero-order valence-electron chi connectivity index (χ0n) is 16.5. The summed E-state index contributed by atoms with van der Waals surface area (Å²) in [6.07, 6.45) is 5.78. The highest BCUT2D eigenvalue weighted by molar-refractivity contribution is 5.80. The van der Waals surface area contributed by atoms with E-state index in [0.717, 1.165) is 19.3 Å². The lowest BCUT2D eigenvalue weighted by Gasteiger charge is -2.22. The maximum absolute atomic E-state index is 2.34. The minimum atomic E-state index is 1.14. The number of hydrogen-bond donors (Lipinski definition) is 0. The van der Waals surface area contributed by atoms with Crippen LogP contribution in [-0.4, -0.2) is 0 Å². The van der Waals surface area contributed by atoms with Gasteiger partial charge in [0, 0.05) is 0 Å². The summed E-state index contributed by atoms with van der Waals surface area (Å²) in [6.45, 7) is 18.6. The van der Waals surface area contributed by atoms with Crippen LogP contribution in [0.1, 0.15) is 86.8 Å². The van der Waals surface area contributed by atoms with Gasteiger partial charge in [-0.25, -0.2) is 0 Å². The summed E-state index contributed by atoms with van der Waals surface area (Å²) < 4.78 is 0. The lowest BCUT2D eigenvalue weighted by Crippen LogP contribution is -2.06. The van der Waals surface area contributed by atoms with E-state index in [-0.39, 0.29) is 0 Å². The first kappa shape index (κ1) is 18.0. The molecule has 0 heteroatoms. The molecule has 23 heavy (non-hydrogen) atoms. The lowest BCUT2D eigenvalue weighted by molar-refractivity contribution is 0.917. The van der Waals surface area contributed by atoms with E-state index in [0.29, 0.717) is 0 Å². The SMILES string of the molecule is CCC1=C(CC)C(CC)=C(CC)c2c(C)c(C)c(C)c(C)c2C1. The lowest BCUT2D eigenvalue weighted by atomic mass is 9.82. The standard InChI is InChI=1S/C23H34/c1-9-18-13-22-16(7)14(5)15(6)17(8)23(22)21(12-4)20(11-3)19(18)10-2/h9-13H2,1-8H3. The zero-order valence-corrected chi connectivity index (χ0v) is 16.5.